The lowest BCUT2D eigenvalue weighted by molar-refractivity contribution is 0.134. The second-order valence-electron chi connectivity index (χ2n) is 3.95. The van der Waals surface area contributed by atoms with Crippen molar-refractivity contribution in [3.63, 3.8) is 0 Å². The van der Waals surface area contributed by atoms with E-state index in [1.807, 2.05) is 0 Å². The molecule has 1 nitrogen and oxygen atoms in total. The quantitative estimate of drug-likeness (QED) is 0.610. The minimum Gasteiger partial charge on any atom is -0.298 e. The van der Waals surface area contributed by atoms with Crippen molar-refractivity contribution in [2.75, 3.05) is 19.8 Å². The van der Waals surface area contributed by atoms with E-state index in [4.69, 9.17) is 0 Å². The van der Waals surface area contributed by atoms with E-state index in [0.29, 0.717) is 6.42 Å². The average molecular weight is 159 g/mol. The van der Waals surface area contributed by atoms with Crippen LogP contribution in [0.3, 0.4) is 0 Å². The average Bonchev–Trinajstić information content (AvgIpc) is 2.37. The molecule has 0 aromatic carbocycles. The van der Waals surface area contributed by atoms with Crippen molar-refractivity contribution in [1.29, 1.82) is 0 Å². The molecule has 1 aliphatic heterocycles. The summed E-state index contributed by atoms with van der Waals surface area (Å²) in [5, 5.41) is 0. The van der Waals surface area contributed by atoms with Crippen LogP contribution in [0.5, 0.6) is 0 Å². The van der Waals surface area contributed by atoms with Crippen LogP contribution in [0.15, 0.2) is 0 Å². The van der Waals surface area contributed by atoms with Gasteiger partial charge in [0.05, 0.1) is 6.67 Å². The van der Waals surface area contributed by atoms with Gasteiger partial charge in [0.25, 0.3) is 0 Å². The molecule has 0 N–H and O–H groups in total. The lowest BCUT2D eigenvalue weighted by Gasteiger charge is -2.34. The van der Waals surface area contributed by atoms with E-state index in [9.17, 15) is 4.39 Å². The second-order valence-corrected chi connectivity index (χ2v) is 3.95. The van der Waals surface area contributed by atoms with Crippen molar-refractivity contribution in [2.45, 2.75) is 38.6 Å². The highest BCUT2D eigenvalue weighted by atomic mass is 19.1. The van der Waals surface area contributed by atoms with Crippen LogP contribution in [-0.4, -0.2) is 30.2 Å². The number of hydrogen-bond acceptors (Lipinski definition) is 1. The van der Waals surface area contributed by atoms with Gasteiger partial charge in [-0.25, -0.2) is 0 Å². The Kier molecular flexibility index (Phi) is 2.88. The molecule has 0 aliphatic carbocycles. The van der Waals surface area contributed by atoms with Gasteiger partial charge in [-0.15, -0.1) is 0 Å². The van der Waals surface area contributed by atoms with E-state index in [2.05, 4.69) is 18.7 Å². The summed E-state index contributed by atoms with van der Waals surface area (Å²) in [6.07, 6.45) is 3.25. The smallest absolute Gasteiger partial charge is 0.0911 e. The Hall–Kier alpha value is -0.110. The molecule has 0 unspecified atom stereocenters. The Bertz CT molecular complexity index is 117. The van der Waals surface area contributed by atoms with Crippen molar-refractivity contribution in [1.82, 2.24) is 4.90 Å². The summed E-state index contributed by atoms with van der Waals surface area (Å²) in [6.45, 7) is 6.40. The van der Waals surface area contributed by atoms with Gasteiger partial charge in [-0.2, -0.15) is 0 Å². The topological polar surface area (TPSA) is 3.24 Å². The lowest BCUT2D eigenvalue weighted by Crippen LogP contribution is -2.42. The SMILES string of the molecule is CC(C)(CCF)N1CCCC1. The fraction of sp³-hybridized carbons (Fsp3) is 1.00. The van der Waals surface area contributed by atoms with Crippen LogP contribution < -0.4 is 0 Å². The number of rotatable bonds is 3. The number of alkyl halides is 1. The predicted molar refractivity (Wildman–Crippen MR) is 45.5 cm³/mol. The molecule has 1 fully saturated rings. The summed E-state index contributed by atoms with van der Waals surface area (Å²) < 4.78 is 12.1. The van der Waals surface area contributed by atoms with E-state index in [1.54, 1.807) is 0 Å². The first-order valence-corrected chi connectivity index (χ1v) is 4.48. The monoisotopic (exact) mass is 159 g/mol. The summed E-state index contributed by atoms with van der Waals surface area (Å²) in [5.74, 6) is 0. The molecule has 1 rings (SSSR count). The fourth-order valence-electron chi connectivity index (χ4n) is 1.71. The van der Waals surface area contributed by atoms with Gasteiger partial charge in [0, 0.05) is 5.54 Å². The van der Waals surface area contributed by atoms with Gasteiger partial charge in [0.2, 0.25) is 0 Å². The molecular weight excluding hydrogens is 141 g/mol. The normalized spacial score (nSPS) is 21.0. The van der Waals surface area contributed by atoms with Crippen LogP contribution in [0.1, 0.15) is 33.1 Å². The first-order valence-electron chi connectivity index (χ1n) is 4.48. The Balaban J connectivity index is 2.41. The van der Waals surface area contributed by atoms with Gasteiger partial charge in [0.15, 0.2) is 0 Å². The van der Waals surface area contributed by atoms with Crippen LogP contribution in [0.4, 0.5) is 4.39 Å². The largest absolute Gasteiger partial charge is 0.298 e. The van der Waals surface area contributed by atoms with Crippen LogP contribution in [-0.2, 0) is 0 Å². The third-order valence-electron chi connectivity index (χ3n) is 2.67. The molecule has 0 atom stereocenters. The second kappa shape index (κ2) is 3.53. The zero-order valence-electron chi connectivity index (χ0n) is 7.57. The maximum Gasteiger partial charge on any atom is 0.0911 e. The third kappa shape index (κ3) is 2.16. The van der Waals surface area contributed by atoms with E-state index < -0.39 is 0 Å². The molecule has 1 heterocycles. The molecule has 0 saturated carbocycles. The maximum absolute atomic E-state index is 12.1. The predicted octanol–water partition coefficient (Wildman–Crippen LogP) is 2.22. The van der Waals surface area contributed by atoms with Crippen molar-refractivity contribution < 1.29 is 4.39 Å². The van der Waals surface area contributed by atoms with Gasteiger partial charge in [-0.3, -0.25) is 9.29 Å². The summed E-state index contributed by atoms with van der Waals surface area (Å²) in [4.78, 5) is 2.40. The minimum absolute atomic E-state index is 0.0885. The lowest BCUT2D eigenvalue weighted by atomic mass is 10.00. The molecule has 0 amide bonds. The van der Waals surface area contributed by atoms with Crippen molar-refractivity contribution in [3.8, 4) is 0 Å². The highest BCUT2D eigenvalue weighted by Gasteiger charge is 2.28. The van der Waals surface area contributed by atoms with Gasteiger partial charge >= 0.3 is 0 Å². The van der Waals surface area contributed by atoms with Crippen LogP contribution in [0, 0.1) is 0 Å². The molecule has 0 radical (unpaired) electrons. The van der Waals surface area contributed by atoms with Gasteiger partial charge in [0.1, 0.15) is 0 Å². The van der Waals surface area contributed by atoms with Gasteiger partial charge < -0.3 is 0 Å². The van der Waals surface area contributed by atoms with Crippen molar-refractivity contribution in [3.05, 3.63) is 0 Å². The molecule has 66 valence electrons. The summed E-state index contributed by atoms with van der Waals surface area (Å²) in [7, 11) is 0. The summed E-state index contributed by atoms with van der Waals surface area (Å²) >= 11 is 0. The molecule has 1 saturated heterocycles. The van der Waals surface area contributed by atoms with E-state index in [-0.39, 0.29) is 12.2 Å². The Morgan fingerprint density at radius 3 is 2.27 bits per heavy atom. The molecule has 0 spiro atoms. The zero-order valence-corrected chi connectivity index (χ0v) is 7.57. The highest BCUT2D eigenvalue weighted by Crippen LogP contribution is 2.23. The number of halogens is 1. The number of hydrogen-bond donors (Lipinski definition) is 0. The Morgan fingerprint density at radius 1 is 1.27 bits per heavy atom. The Labute approximate surface area is 68.6 Å². The highest BCUT2D eigenvalue weighted by molar-refractivity contribution is 4.84. The summed E-state index contributed by atoms with van der Waals surface area (Å²) in [5.41, 5.74) is 0.0885. The molecule has 11 heavy (non-hydrogen) atoms. The Morgan fingerprint density at radius 2 is 1.82 bits per heavy atom. The zero-order chi connectivity index (χ0) is 8.32. The first-order chi connectivity index (χ1) is 5.17. The summed E-state index contributed by atoms with van der Waals surface area (Å²) in [6, 6.07) is 0. The molecule has 0 aromatic heterocycles. The molecule has 0 bridgehead atoms. The maximum atomic E-state index is 12.1. The molecule has 1 aliphatic rings. The van der Waals surface area contributed by atoms with E-state index >= 15 is 0 Å². The van der Waals surface area contributed by atoms with Crippen molar-refractivity contribution >= 4 is 0 Å². The van der Waals surface area contributed by atoms with E-state index in [1.165, 1.54) is 12.8 Å². The molecule has 0 aromatic rings. The van der Waals surface area contributed by atoms with Crippen LogP contribution >= 0.6 is 0 Å². The minimum atomic E-state index is -0.191. The van der Waals surface area contributed by atoms with E-state index in [0.717, 1.165) is 13.1 Å². The van der Waals surface area contributed by atoms with Crippen LogP contribution in [0.2, 0.25) is 0 Å². The number of likely N-dealkylation sites (tertiary alicyclic amines) is 1. The van der Waals surface area contributed by atoms with Crippen molar-refractivity contribution in [2.24, 2.45) is 0 Å². The van der Waals surface area contributed by atoms with Gasteiger partial charge in [-0.05, 0) is 46.2 Å². The third-order valence-corrected chi connectivity index (χ3v) is 2.67. The standard InChI is InChI=1S/C9H18FN/c1-9(2,5-6-10)11-7-3-4-8-11/h3-8H2,1-2H3. The van der Waals surface area contributed by atoms with Gasteiger partial charge in [-0.1, -0.05) is 0 Å². The fourth-order valence-corrected chi connectivity index (χ4v) is 1.71. The molecule has 2 heteroatoms. The van der Waals surface area contributed by atoms with Crippen LogP contribution in [0.25, 0.3) is 0 Å². The number of nitrogens with zero attached hydrogens (tertiary/aromatic N) is 1. The first kappa shape index (κ1) is 8.98. The molecular formula is C9H18FN.